The molecule has 4 heteroatoms. The number of hydrogen-bond acceptors (Lipinski definition) is 2. The Bertz CT molecular complexity index is 278. The van der Waals surface area contributed by atoms with Gasteiger partial charge in [-0.15, -0.1) is 0 Å². The second-order valence-electron chi connectivity index (χ2n) is 4.36. The van der Waals surface area contributed by atoms with E-state index in [2.05, 4.69) is 6.92 Å². The summed E-state index contributed by atoms with van der Waals surface area (Å²) in [4.78, 5) is 27.2. The monoisotopic (exact) mass is 210 g/mol. The topological polar surface area (TPSA) is 40.6 Å². The summed E-state index contributed by atoms with van der Waals surface area (Å²) >= 11 is 0. The predicted octanol–water partition coefficient (Wildman–Crippen LogP) is 0.620. The van der Waals surface area contributed by atoms with Crippen molar-refractivity contribution in [2.24, 2.45) is 0 Å². The lowest BCUT2D eigenvalue weighted by atomic mass is 10.1. The van der Waals surface area contributed by atoms with Gasteiger partial charge in [0.25, 0.3) is 0 Å². The van der Waals surface area contributed by atoms with Crippen molar-refractivity contribution < 1.29 is 9.59 Å². The third-order valence-electron chi connectivity index (χ3n) is 3.28. The van der Waals surface area contributed by atoms with Crippen LogP contribution in [0.4, 0.5) is 0 Å². The number of fused-ring (bicyclic) bond motifs is 1. The fourth-order valence-corrected chi connectivity index (χ4v) is 2.40. The van der Waals surface area contributed by atoms with Crippen LogP contribution in [0.1, 0.15) is 32.6 Å². The zero-order chi connectivity index (χ0) is 10.8. The molecule has 2 aliphatic heterocycles. The predicted molar refractivity (Wildman–Crippen MR) is 56.2 cm³/mol. The van der Waals surface area contributed by atoms with Crippen LogP contribution in [0.25, 0.3) is 0 Å². The van der Waals surface area contributed by atoms with Gasteiger partial charge in [0.15, 0.2) is 0 Å². The number of carbonyl (C=O) groups excluding carboxylic acids is 2. The van der Waals surface area contributed by atoms with Crippen LogP contribution in [0, 0.1) is 0 Å². The van der Waals surface area contributed by atoms with Gasteiger partial charge in [-0.05, 0) is 19.3 Å². The van der Waals surface area contributed by atoms with Crippen molar-refractivity contribution in [1.29, 1.82) is 0 Å². The molecule has 0 radical (unpaired) electrons. The van der Waals surface area contributed by atoms with Crippen LogP contribution >= 0.6 is 0 Å². The van der Waals surface area contributed by atoms with Gasteiger partial charge < -0.3 is 9.80 Å². The van der Waals surface area contributed by atoms with Crippen molar-refractivity contribution in [3.63, 3.8) is 0 Å². The standard InChI is InChI=1S/C11H18N2O2/c1-2-3-6-12-8-10(14)13-7-4-5-9(13)11(12)15/h9H,2-8H2,1H3. The number of nitrogens with zero attached hydrogens (tertiary/aromatic N) is 2. The molecule has 4 nitrogen and oxygen atoms in total. The van der Waals surface area contributed by atoms with Gasteiger partial charge in [-0.3, -0.25) is 9.59 Å². The molecule has 2 rings (SSSR count). The molecular formula is C11H18N2O2. The molecule has 2 saturated heterocycles. The van der Waals surface area contributed by atoms with E-state index < -0.39 is 0 Å². The molecule has 2 amide bonds. The smallest absolute Gasteiger partial charge is 0.245 e. The summed E-state index contributed by atoms with van der Waals surface area (Å²) < 4.78 is 0. The van der Waals surface area contributed by atoms with Gasteiger partial charge >= 0.3 is 0 Å². The average molecular weight is 210 g/mol. The molecule has 0 aromatic rings. The first-order valence-electron chi connectivity index (χ1n) is 5.82. The number of amides is 2. The van der Waals surface area contributed by atoms with Gasteiger partial charge in [-0.2, -0.15) is 0 Å². The van der Waals surface area contributed by atoms with Gasteiger partial charge in [-0.1, -0.05) is 13.3 Å². The van der Waals surface area contributed by atoms with E-state index in [0.717, 1.165) is 38.8 Å². The highest BCUT2D eigenvalue weighted by molar-refractivity contribution is 5.95. The summed E-state index contributed by atoms with van der Waals surface area (Å²) in [5, 5.41) is 0. The van der Waals surface area contributed by atoms with E-state index in [9.17, 15) is 9.59 Å². The lowest BCUT2D eigenvalue weighted by Crippen LogP contribution is -2.57. The summed E-state index contributed by atoms with van der Waals surface area (Å²) in [5.74, 6) is 0.300. The van der Waals surface area contributed by atoms with Crippen LogP contribution in [0.3, 0.4) is 0 Å². The molecule has 0 bridgehead atoms. The Morgan fingerprint density at radius 1 is 1.40 bits per heavy atom. The molecule has 0 N–H and O–H groups in total. The Morgan fingerprint density at radius 2 is 2.20 bits per heavy atom. The van der Waals surface area contributed by atoms with Crippen molar-refractivity contribution in [1.82, 2.24) is 9.80 Å². The summed E-state index contributed by atoms with van der Waals surface area (Å²) in [7, 11) is 0. The number of carbonyl (C=O) groups is 2. The molecule has 1 unspecified atom stereocenters. The van der Waals surface area contributed by atoms with E-state index in [1.807, 2.05) is 0 Å². The van der Waals surface area contributed by atoms with Crippen LogP contribution < -0.4 is 0 Å². The maximum absolute atomic E-state index is 12.0. The Morgan fingerprint density at radius 3 is 2.93 bits per heavy atom. The van der Waals surface area contributed by atoms with Gasteiger partial charge in [-0.25, -0.2) is 0 Å². The van der Waals surface area contributed by atoms with Crippen LogP contribution in [0.5, 0.6) is 0 Å². The Kier molecular flexibility index (Phi) is 2.93. The van der Waals surface area contributed by atoms with E-state index >= 15 is 0 Å². The summed E-state index contributed by atoms with van der Waals surface area (Å²) in [6.07, 6.45) is 3.88. The van der Waals surface area contributed by atoms with Gasteiger partial charge in [0.1, 0.15) is 6.04 Å². The number of rotatable bonds is 3. The molecule has 2 fully saturated rings. The van der Waals surface area contributed by atoms with E-state index in [-0.39, 0.29) is 17.9 Å². The van der Waals surface area contributed by atoms with Crippen molar-refractivity contribution in [3.05, 3.63) is 0 Å². The van der Waals surface area contributed by atoms with Crippen LogP contribution in [-0.2, 0) is 9.59 Å². The molecule has 15 heavy (non-hydrogen) atoms. The normalized spacial score (nSPS) is 26.1. The minimum Gasteiger partial charge on any atom is -0.332 e. The van der Waals surface area contributed by atoms with Crippen LogP contribution in [-0.4, -0.2) is 47.3 Å². The highest BCUT2D eigenvalue weighted by atomic mass is 16.2. The highest BCUT2D eigenvalue weighted by Gasteiger charge is 2.41. The molecular weight excluding hydrogens is 192 g/mol. The molecule has 2 heterocycles. The van der Waals surface area contributed by atoms with Crippen LogP contribution in [0.15, 0.2) is 0 Å². The van der Waals surface area contributed by atoms with Gasteiger partial charge in [0, 0.05) is 13.1 Å². The third kappa shape index (κ3) is 1.85. The molecule has 0 aliphatic carbocycles. The fourth-order valence-electron chi connectivity index (χ4n) is 2.40. The second-order valence-corrected chi connectivity index (χ2v) is 4.36. The Balaban J connectivity index is 2.03. The minimum absolute atomic E-state index is 0.133. The minimum atomic E-state index is -0.136. The number of piperazine rings is 1. The Labute approximate surface area is 90.2 Å². The quantitative estimate of drug-likeness (QED) is 0.685. The molecule has 0 aromatic carbocycles. The summed E-state index contributed by atoms with van der Waals surface area (Å²) in [6.45, 7) is 3.91. The second kappa shape index (κ2) is 4.21. The molecule has 0 spiro atoms. The highest BCUT2D eigenvalue weighted by Crippen LogP contribution is 2.23. The largest absolute Gasteiger partial charge is 0.332 e. The van der Waals surface area contributed by atoms with E-state index in [4.69, 9.17) is 0 Å². The van der Waals surface area contributed by atoms with E-state index in [1.54, 1.807) is 9.80 Å². The lowest BCUT2D eigenvalue weighted by Gasteiger charge is -2.36. The van der Waals surface area contributed by atoms with Crippen LogP contribution in [0.2, 0.25) is 0 Å². The first kappa shape index (κ1) is 10.5. The van der Waals surface area contributed by atoms with Gasteiger partial charge in [0.05, 0.1) is 6.54 Å². The summed E-state index contributed by atoms with van der Waals surface area (Å²) in [5.41, 5.74) is 0. The third-order valence-corrected chi connectivity index (χ3v) is 3.28. The maximum Gasteiger partial charge on any atom is 0.245 e. The number of unbranched alkanes of at least 4 members (excludes halogenated alkanes) is 1. The first-order chi connectivity index (χ1) is 7.24. The SMILES string of the molecule is CCCCN1CC(=O)N2CCCC2C1=O. The molecule has 2 aliphatic rings. The van der Waals surface area contributed by atoms with E-state index in [0.29, 0.717) is 6.54 Å². The van der Waals surface area contributed by atoms with Crippen molar-refractivity contribution in [3.8, 4) is 0 Å². The zero-order valence-electron chi connectivity index (χ0n) is 9.24. The first-order valence-corrected chi connectivity index (χ1v) is 5.82. The van der Waals surface area contributed by atoms with Crippen molar-refractivity contribution in [2.75, 3.05) is 19.6 Å². The zero-order valence-corrected chi connectivity index (χ0v) is 9.24. The van der Waals surface area contributed by atoms with Gasteiger partial charge in [0.2, 0.25) is 11.8 Å². The number of hydrogen-bond donors (Lipinski definition) is 0. The average Bonchev–Trinajstić information content (AvgIpc) is 2.70. The van der Waals surface area contributed by atoms with E-state index in [1.165, 1.54) is 0 Å². The van der Waals surface area contributed by atoms with Crippen molar-refractivity contribution in [2.45, 2.75) is 38.6 Å². The molecule has 1 atom stereocenters. The Hall–Kier alpha value is -1.06. The summed E-state index contributed by atoms with van der Waals surface area (Å²) in [6, 6.07) is -0.136. The molecule has 0 saturated carbocycles. The lowest BCUT2D eigenvalue weighted by molar-refractivity contribution is -0.153. The maximum atomic E-state index is 12.0. The van der Waals surface area contributed by atoms with Crippen molar-refractivity contribution >= 4 is 11.8 Å². The fraction of sp³-hybridized carbons (Fsp3) is 0.818. The molecule has 84 valence electrons. The molecule has 0 aromatic heterocycles.